The molecule has 1 aromatic rings. The van der Waals surface area contributed by atoms with E-state index in [-0.39, 0.29) is 24.4 Å². The van der Waals surface area contributed by atoms with Crippen LogP contribution in [0.4, 0.5) is 0 Å². The molecular weight excluding hydrogens is 374 g/mol. The number of hydrogen-bond acceptors (Lipinski definition) is 3. The fourth-order valence-electron chi connectivity index (χ4n) is 4.48. The number of rotatable bonds is 5. The van der Waals surface area contributed by atoms with E-state index >= 15 is 0 Å². The molecule has 0 bridgehead atoms. The Morgan fingerprint density at radius 3 is 2.36 bits per heavy atom. The van der Waals surface area contributed by atoms with E-state index < -0.39 is 10.2 Å². The highest BCUT2D eigenvalue weighted by molar-refractivity contribution is 7.86. The minimum Gasteiger partial charge on any atom is -0.349 e. The van der Waals surface area contributed by atoms with Gasteiger partial charge >= 0.3 is 0 Å². The van der Waals surface area contributed by atoms with Gasteiger partial charge in [-0.1, -0.05) is 44.2 Å². The number of hydrogen-bond donors (Lipinski definition) is 1. The van der Waals surface area contributed by atoms with Crippen LogP contribution in [-0.2, 0) is 15.0 Å². The lowest BCUT2D eigenvalue weighted by molar-refractivity contribution is -0.126. The van der Waals surface area contributed by atoms with Crippen molar-refractivity contribution in [2.45, 2.75) is 46.1 Å². The van der Waals surface area contributed by atoms with Crippen LogP contribution in [0.2, 0.25) is 0 Å². The van der Waals surface area contributed by atoms with Gasteiger partial charge < -0.3 is 5.32 Å². The fourth-order valence-corrected chi connectivity index (χ4v) is 6.42. The Hall–Kier alpha value is -1.44. The summed E-state index contributed by atoms with van der Waals surface area (Å²) in [6.45, 7) is 8.09. The van der Waals surface area contributed by atoms with Gasteiger partial charge in [-0.15, -0.1) is 0 Å². The summed E-state index contributed by atoms with van der Waals surface area (Å²) in [5.41, 5.74) is 1.05. The molecule has 2 heterocycles. The van der Waals surface area contributed by atoms with Crippen LogP contribution in [0.25, 0.3) is 0 Å². The van der Waals surface area contributed by atoms with Crippen LogP contribution >= 0.6 is 0 Å². The summed E-state index contributed by atoms with van der Waals surface area (Å²) in [7, 11) is -3.51. The first-order valence-corrected chi connectivity index (χ1v) is 11.8. The SMILES string of the molecule is C[C@@H]1C[C@H](C)CN(S(=O)(=O)N2CCC[C@@H](C(=O)N[C@@H](C)c3ccccc3)C2)C1. The Morgan fingerprint density at radius 2 is 1.71 bits per heavy atom. The van der Waals surface area contributed by atoms with Crippen LogP contribution in [0.3, 0.4) is 0 Å². The van der Waals surface area contributed by atoms with Crippen molar-refractivity contribution in [2.75, 3.05) is 26.2 Å². The van der Waals surface area contributed by atoms with Crippen molar-refractivity contribution in [3.05, 3.63) is 35.9 Å². The third-order valence-electron chi connectivity index (χ3n) is 5.90. The van der Waals surface area contributed by atoms with Crippen molar-refractivity contribution in [1.29, 1.82) is 0 Å². The highest BCUT2D eigenvalue weighted by Gasteiger charge is 2.38. The van der Waals surface area contributed by atoms with Gasteiger partial charge in [-0.3, -0.25) is 4.79 Å². The zero-order valence-electron chi connectivity index (χ0n) is 17.2. The maximum absolute atomic E-state index is 13.2. The molecule has 0 unspecified atom stereocenters. The number of benzene rings is 1. The smallest absolute Gasteiger partial charge is 0.282 e. The third-order valence-corrected chi connectivity index (χ3v) is 7.84. The second kappa shape index (κ2) is 8.93. The van der Waals surface area contributed by atoms with E-state index in [1.165, 1.54) is 4.31 Å². The Labute approximate surface area is 169 Å². The molecule has 2 saturated heterocycles. The van der Waals surface area contributed by atoms with E-state index in [1.807, 2.05) is 37.3 Å². The van der Waals surface area contributed by atoms with Gasteiger partial charge in [-0.2, -0.15) is 17.0 Å². The van der Waals surface area contributed by atoms with Gasteiger partial charge in [0, 0.05) is 26.2 Å². The normalized spacial score (nSPS) is 28.6. The lowest BCUT2D eigenvalue weighted by atomic mass is 9.94. The average Bonchev–Trinajstić information content (AvgIpc) is 2.68. The molecule has 4 atom stereocenters. The average molecular weight is 408 g/mol. The highest BCUT2D eigenvalue weighted by atomic mass is 32.2. The Kier molecular flexibility index (Phi) is 6.78. The summed E-state index contributed by atoms with van der Waals surface area (Å²) in [6.07, 6.45) is 2.51. The molecule has 0 spiro atoms. The molecule has 3 rings (SSSR count). The third kappa shape index (κ3) is 4.93. The van der Waals surface area contributed by atoms with Gasteiger partial charge in [0.05, 0.1) is 12.0 Å². The second-order valence-electron chi connectivity index (χ2n) is 8.61. The molecular formula is C21H33N3O3S. The van der Waals surface area contributed by atoms with Gasteiger partial charge in [0.1, 0.15) is 0 Å². The maximum atomic E-state index is 13.2. The van der Waals surface area contributed by atoms with Gasteiger partial charge in [-0.25, -0.2) is 0 Å². The number of amides is 1. The first-order valence-electron chi connectivity index (χ1n) is 10.4. The molecule has 0 saturated carbocycles. The van der Waals surface area contributed by atoms with Crippen LogP contribution in [0, 0.1) is 17.8 Å². The fraction of sp³-hybridized carbons (Fsp3) is 0.667. The molecule has 7 heteroatoms. The summed E-state index contributed by atoms with van der Waals surface area (Å²) < 4.78 is 29.5. The minimum atomic E-state index is -3.51. The lowest BCUT2D eigenvalue weighted by Gasteiger charge is -2.39. The van der Waals surface area contributed by atoms with E-state index in [4.69, 9.17) is 0 Å². The van der Waals surface area contributed by atoms with Gasteiger partial charge in [0.15, 0.2) is 0 Å². The molecule has 2 fully saturated rings. The van der Waals surface area contributed by atoms with E-state index in [0.29, 0.717) is 31.5 Å². The molecule has 2 aliphatic rings. The highest BCUT2D eigenvalue weighted by Crippen LogP contribution is 2.27. The van der Waals surface area contributed by atoms with Gasteiger partial charge in [0.2, 0.25) is 5.91 Å². The van der Waals surface area contributed by atoms with E-state index in [9.17, 15) is 13.2 Å². The predicted molar refractivity (Wildman–Crippen MR) is 111 cm³/mol. The van der Waals surface area contributed by atoms with Crippen molar-refractivity contribution in [3.63, 3.8) is 0 Å². The molecule has 2 aliphatic heterocycles. The lowest BCUT2D eigenvalue weighted by Crippen LogP contribution is -2.53. The summed E-state index contributed by atoms with van der Waals surface area (Å²) in [4.78, 5) is 12.8. The minimum absolute atomic E-state index is 0.0587. The Bertz CT molecular complexity index is 758. The summed E-state index contributed by atoms with van der Waals surface area (Å²) in [5.74, 6) is 0.384. The first-order chi connectivity index (χ1) is 13.3. The van der Waals surface area contributed by atoms with Crippen molar-refractivity contribution in [3.8, 4) is 0 Å². The van der Waals surface area contributed by atoms with Crippen LogP contribution in [0.5, 0.6) is 0 Å². The molecule has 156 valence electrons. The van der Waals surface area contributed by atoms with E-state index in [0.717, 1.165) is 24.8 Å². The largest absolute Gasteiger partial charge is 0.349 e. The van der Waals surface area contributed by atoms with Crippen LogP contribution in [0.15, 0.2) is 30.3 Å². The number of carbonyl (C=O) groups is 1. The number of nitrogens with zero attached hydrogens (tertiary/aromatic N) is 2. The van der Waals surface area contributed by atoms with Crippen LogP contribution < -0.4 is 5.32 Å². The zero-order valence-corrected chi connectivity index (χ0v) is 18.0. The molecule has 0 aliphatic carbocycles. The molecule has 0 radical (unpaired) electrons. The van der Waals surface area contributed by atoms with E-state index in [2.05, 4.69) is 19.2 Å². The summed E-state index contributed by atoms with van der Waals surface area (Å²) in [6, 6.07) is 9.73. The Balaban J connectivity index is 1.63. The number of carbonyl (C=O) groups excluding carboxylic acids is 1. The molecule has 1 amide bonds. The van der Waals surface area contributed by atoms with Crippen molar-refractivity contribution in [2.24, 2.45) is 17.8 Å². The second-order valence-corrected chi connectivity index (χ2v) is 10.5. The number of piperidine rings is 2. The standard InChI is InChI=1S/C21H33N3O3S/c1-16-12-17(2)14-24(13-16)28(26,27)23-11-7-10-20(15-23)21(25)22-18(3)19-8-5-4-6-9-19/h4-6,8-9,16-18,20H,7,10-15H2,1-3H3,(H,22,25)/t16-,17+,18-,20+/m0/s1. The van der Waals surface area contributed by atoms with Crippen molar-refractivity contribution >= 4 is 16.1 Å². The molecule has 1 aromatic carbocycles. The number of nitrogens with one attached hydrogen (secondary N) is 1. The molecule has 28 heavy (non-hydrogen) atoms. The molecule has 1 N–H and O–H groups in total. The topological polar surface area (TPSA) is 69.7 Å². The summed E-state index contributed by atoms with van der Waals surface area (Å²) >= 11 is 0. The van der Waals surface area contributed by atoms with Crippen LogP contribution in [-0.4, -0.2) is 49.1 Å². The molecule has 0 aromatic heterocycles. The molecule has 6 nitrogen and oxygen atoms in total. The van der Waals surface area contributed by atoms with Crippen molar-refractivity contribution in [1.82, 2.24) is 13.9 Å². The predicted octanol–water partition coefficient (Wildman–Crippen LogP) is 2.80. The maximum Gasteiger partial charge on any atom is 0.282 e. The Morgan fingerprint density at radius 1 is 1.07 bits per heavy atom. The monoisotopic (exact) mass is 407 g/mol. The van der Waals surface area contributed by atoms with Crippen molar-refractivity contribution < 1.29 is 13.2 Å². The van der Waals surface area contributed by atoms with Gasteiger partial charge in [0.25, 0.3) is 10.2 Å². The summed E-state index contributed by atoms with van der Waals surface area (Å²) in [5, 5.41) is 3.06. The van der Waals surface area contributed by atoms with E-state index in [1.54, 1.807) is 4.31 Å². The first kappa shape index (κ1) is 21.3. The zero-order chi connectivity index (χ0) is 20.3. The van der Waals surface area contributed by atoms with Gasteiger partial charge in [-0.05, 0) is 43.6 Å². The van der Waals surface area contributed by atoms with Crippen LogP contribution in [0.1, 0.15) is 51.6 Å². The quantitative estimate of drug-likeness (QED) is 0.816.